The molecular weight excluding hydrogens is 225 g/mol. The predicted molar refractivity (Wildman–Crippen MR) is 46.8 cm³/mol. The number of hydrogen-bond acceptors (Lipinski definition) is 4. The van der Waals surface area contributed by atoms with E-state index in [1.807, 2.05) is 0 Å². The zero-order valence-electron chi connectivity index (χ0n) is 8.21. The largest absolute Gasteiger partial charge is 0.573 e. The van der Waals surface area contributed by atoms with E-state index in [2.05, 4.69) is 14.5 Å². The van der Waals surface area contributed by atoms with Gasteiger partial charge in [-0.05, 0) is 6.07 Å². The van der Waals surface area contributed by atoms with Crippen LogP contribution in [0.25, 0.3) is 0 Å². The Morgan fingerprint density at radius 2 is 2.19 bits per heavy atom. The molecule has 0 radical (unpaired) electrons. The second kappa shape index (κ2) is 4.70. The van der Waals surface area contributed by atoms with Gasteiger partial charge in [-0.25, -0.2) is 4.98 Å². The van der Waals surface area contributed by atoms with Crippen molar-refractivity contribution in [2.24, 2.45) is 0 Å². The van der Waals surface area contributed by atoms with E-state index < -0.39 is 12.1 Å². The first-order chi connectivity index (χ1) is 7.48. The van der Waals surface area contributed by atoms with Gasteiger partial charge in [0, 0.05) is 11.8 Å². The van der Waals surface area contributed by atoms with Gasteiger partial charge in [0.2, 0.25) is 0 Å². The summed E-state index contributed by atoms with van der Waals surface area (Å²) >= 11 is 0. The fraction of sp³-hybridized carbons (Fsp3) is 0.333. The van der Waals surface area contributed by atoms with Gasteiger partial charge in [0.15, 0.2) is 5.75 Å². The van der Waals surface area contributed by atoms with Crippen LogP contribution in [-0.4, -0.2) is 18.5 Å². The lowest BCUT2D eigenvalue weighted by atomic mass is 10.2. The lowest BCUT2D eigenvalue weighted by molar-refractivity contribution is -0.275. The highest BCUT2D eigenvalue weighted by Gasteiger charge is 2.34. The number of pyridine rings is 1. The van der Waals surface area contributed by atoms with Crippen LogP contribution in [-0.2, 0) is 6.42 Å². The lowest BCUT2D eigenvalue weighted by Gasteiger charge is -2.13. The van der Waals surface area contributed by atoms with Crippen LogP contribution >= 0.6 is 0 Å². The summed E-state index contributed by atoms with van der Waals surface area (Å²) in [5, 5.41) is 8.46. The van der Waals surface area contributed by atoms with Crippen molar-refractivity contribution < 1.29 is 22.6 Å². The summed E-state index contributed by atoms with van der Waals surface area (Å²) in [6.45, 7) is 0. The topological polar surface area (TPSA) is 55.1 Å². The lowest BCUT2D eigenvalue weighted by Crippen LogP contribution is -2.19. The molecule has 0 aliphatic heterocycles. The first-order valence-corrected chi connectivity index (χ1v) is 4.12. The monoisotopic (exact) mass is 232 g/mol. The molecule has 0 saturated carbocycles. The molecule has 0 bridgehead atoms. The van der Waals surface area contributed by atoms with Crippen molar-refractivity contribution in [1.82, 2.24) is 4.98 Å². The van der Waals surface area contributed by atoms with E-state index >= 15 is 0 Å². The average molecular weight is 232 g/mol. The smallest absolute Gasteiger partial charge is 0.478 e. The van der Waals surface area contributed by atoms with Gasteiger partial charge in [0.1, 0.15) is 0 Å². The molecule has 0 amide bonds. The molecule has 4 nitrogen and oxygen atoms in total. The van der Waals surface area contributed by atoms with Crippen molar-refractivity contribution in [2.45, 2.75) is 12.8 Å². The van der Waals surface area contributed by atoms with E-state index in [4.69, 9.17) is 5.26 Å². The van der Waals surface area contributed by atoms with Crippen molar-refractivity contribution in [3.05, 3.63) is 17.8 Å². The molecule has 1 aromatic rings. The molecule has 0 aromatic carbocycles. The van der Waals surface area contributed by atoms with Crippen molar-refractivity contribution in [2.75, 3.05) is 7.11 Å². The maximum atomic E-state index is 12.1. The molecule has 1 aromatic heterocycles. The van der Waals surface area contributed by atoms with E-state index in [1.165, 1.54) is 19.4 Å². The third-order valence-corrected chi connectivity index (χ3v) is 1.63. The molecule has 0 aliphatic carbocycles. The maximum Gasteiger partial charge on any atom is 0.573 e. The van der Waals surface area contributed by atoms with Gasteiger partial charge in [-0.15, -0.1) is 13.2 Å². The van der Waals surface area contributed by atoms with Gasteiger partial charge in [0.05, 0.1) is 19.6 Å². The van der Waals surface area contributed by atoms with Gasteiger partial charge < -0.3 is 9.47 Å². The van der Waals surface area contributed by atoms with E-state index in [0.717, 1.165) is 0 Å². The first-order valence-electron chi connectivity index (χ1n) is 4.12. The molecule has 0 unspecified atom stereocenters. The molecular formula is C9H7F3N2O2. The number of aromatic nitrogens is 1. The Balaban J connectivity index is 3.15. The highest BCUT2D eigenvalue weighted by molar-refractivity contribution is 5.42. The summed E-state index contributed by atoms with van der Waals surface area (Å²) in [5.74, 6) is -0.871. The van der Waals surface area contributed by atoms with Crippen LogP contribution in [0.3, 0.4) is 0 Å². The summed E-state index contributed by atoms with van der Waals surface area (Å²) in [6, 6.07) is 3.00. The van der Waals surface area contributed by atoms with Gasteiger partial charge in [-0.1, -0.05) is 0 Å². The number of ether oxygens (including phenoxy) is 2. The minimum Gasteiger partial charge on any atom is -0.478 e. The van der Waals surface area contributed by atoms with Crippen LogP contribution in [0.5, 0.6) is 11.6 Å². The third-order valence-electron chi connectivity index (χ3n) is 1.63. The molecule has 16 heavy (non-hydrogen) atoms. The normalized spacial score (nSPS) is 10.7. The van der Waals surface area contributed by atoms with Crippen LogP contribution in [0.2, 0.25) is 0 Å². The Bertz CT molecular complexity index is 412. The van der Waals surface area contributed by atoms with E-state index in [0.29, 0.717) is 0 Å². The van der Waals surface area contributed by atoms with Gasteiger partial charge in [-0.3, -0.25) is 0 Å². The molecule has 7 heteroatoms. The molecule has 0 N–H and O–H groups in total. The van der Waals surface area contributed by atoms with Gasteiger partial charge in [0.25, 0.3) is 5.88 Å². The van der Waals surface area contributed by atoms with Crippen LogP contribution in [0, 0.1) is 11.3 Å². The second-order valence-corrected chi connectivity index (χ2v) is 2.69. The minimum absolute atomic E-state index is 0.0756. The van der Waals surface area contributed by atoms with Crippen molar-refractivity contribution in [3.63, 3.8) is 0 Å². The highest BCUT2D eigenvalue weighted by atomic mass is 19.4. The zero-order valence-corrected chi connectivity index (χ0v) is 8.21. The molecule has 0 aliphatic rings. The summed E-state index contributed by atoms with van der Waals surface area (Å²) < 4.78 is 44.7. The minimum atomic E-state index is -4.85. The Morgan fingerprint density at radius 3 is 2.69 bits per heavy atom. The number of halogens is 3. The van der Waals surface area contributed by atoms with Crippen LogP contribution in [0.4, 0.5) is 13.2 Å². The number of nitriles is 1. The summed E-state index contributed by atoms with van der Waals surface area (Å²) in [5.41, 5.74) is 0.0756. The molecule has 1 heterocycles. The standard InChI is InChI=1S/C9H7F3N2O2/c1-15-8-7(16-9(10,11)12)6(2-4-13)3-5-14-8/h3,5H,2H2,1H3. The molecule has 0 saturated heterocycles. The van der Waals surface area contributed by atoms with Crippen LogP contribution in [0.15, 0.2) is 12.3 Å². The Kier molecular flexibility index (Phi) is 3.55. The number of nitrogens with zero attached hydrogens (tertiary/aromatic N) is 2. The highest BCUT2D eigenvalue weighted by Crippen LogP contribution is 2.33. The van der Waals surface area contributed by atoms with Crippen molar-refractivity contribution >= 4 is 0 Å². The molecule has 0 fully saturated rings. The first kappa shape index (κ1) is 12.1. The Morgan fingerprint density at radius 1 is 1.50 bits per heavy atom. The number of rotatable bonds is 3. The zero-order chi connectivity index (χ0) is 12.2. The summed E-state index contributed by atoms with van der Waals surface area (Å²) in [7, 11) is 1.17. The molecule has 0 atom stereocenters. The van der Waals surface area contributed by atoms with Crippen LogP contribution < -0.4 is 9.47 Å². The predicted octanol–water partition coefficient (Wildman–Crippen LogP) is 2.05. The Hall–Kier alpha value is -1.97. The Labute approximate surface area is 89.2 Å². The number of methoxy groups -OCH3 is 1. The van der Waals surface area contributed by atoms with Crippen LogP contribution in [0.1, 0.15) is 5.56 Å². The second-order valence-electron chi connectivity index (χ2n) is 2.69. The van der Waals surface area contributed by atoms with Crippen molar-refractivity contribution in [1.29, 1.82) is 5.26 Å². The average Bonchev–Trinajstić information content (AvgIpc) is 2.19. The van der Waals surface area contributed by atoms with Gasteiger partial charge in [-0.2, -0.15) is 5.26 Å². The molecule has 86 valence electrons. The number of hydrogen-bond donors (Lipinski definition) is 0. The van der Waals surface area contributed by atoms with Gasteiger partial charge >= 0.3 is 6.36 Å². The fourth-order valence-corrected chi connectivity index (χ4v) is 1.06. The summed E-state index contributed by atoms with van der Waals surface area (Å²) in [4.78, 5) is 3.57. The van der Waals surface area contributed by atoms with Crippen molar-refractivity contribution in [3.8, 4) is 17.7 Å². The SMILES string of the molecule is COc1nccc(CC#N)c1OC(F)(F)F. The van der Waals surface area contributed by atoms with E-state index in [9.17, 15) is 13.2 Å². The summed E-state index contributed by atoms with van der Waals surface area (Å²) in [6.07, 6.45) is -3.82. The third kappa shape index (κ3) is 3.02. The van der Waals surface area contributed by atoms with E-state index in [1.54, 1.807) is 6.07 Å². The molecule has 1 rings (SSSR count). The van der Waals surface area contributed by atoms with E-state index in [-0.39, 0.29) is 17.9 Å². The fourth-order valence-electron chi connectivity index (χ4n) is 1.06. The quantitative estimate of drug-likeness (QED) is 0.800. The maximum absolute atomic E-state index is 12.1. The molecule has 0 spiro atoms. The number of alkyl halides is 3.